The van der Waals surface area contributed by atoms with Crippen LogP contribution in [0.4, 0.5) is 4.39 Å². The van der Waals surface area contributed by atoms with Crippen LogP contribution in [0, 0.1) is 17.7 Å². The number of benzene rings is 1. The van der Waals surface area contributed by atoms with Crippen LogP contribution in [0.25, 0.3) is 0 Å². The van der Waals surface area contributed by atoms with Gasteiger partial charge in [0.25, 0.3) is 0 Å². The fraction of sp³-hybridized carbons (Fsp3) is 0.500. The lowest BCUT2D eigenvalue weighted by Gasteiger charge is -2.18. The van der Waals surface area contributed by atoms with Crippen LogP contribution in [0.5, 0.6) is 0 Å². The van der Waals surface area contributed by atoms with Gasteiger partial charge >= 0.3 is 0 Å². The molecule has 0 amide bonds. The van der Waals surface area contributed by atoms with Crippen molar-refractivity contribution in [3.05, 3.63) is 34.1 Å². The zero-order valence-corrected chi connectivity index (χ0v) is 11.3. The monoisotopic (exact) mass is 292 g/mol. The van der Waals surface area contributed by atoms with Gasteiger partial charge in [0.2, 0.25) is 0 Å². The second-order valence-corrected chi connectivity index (χ2v) is 5.32. The van der Waals surface area contributed by atoms with Crippen LogP contribution in [0.15, 0.2) is 22.7 Å². The first-order valence-corrected chi connectivity index (χ1v) is 6.37. The summed E-state index contributed by atoms with van der Waals surface area (Å²) in [5, 5.41) is 0. The molecule has 0 saturated carbocycles. The summed E-state index contributed by atoms with van der Waals surface area (Å²) in [6.45, 7) is 4.23. The van der Waals surface area contributed by atoms with E-state index in [1.165, 1.54) is 6.07 Å². The van der Waals surface area contributed by atoms with Crippen LogP contribution in [-0.4, -0.2) is 5.88 Å². The summed E-state index contributed by atoms with van der Waals surface area (Å²) >= 11 is 9.22. The average Bonchev–Trinajstić information content (AvgIpc) is 2.18. The van der Waals surface area contributed by atoms with Crippen LogP contribution < -0.4 is 0 Å². The van der Waals surface area contributed by atoms with E-state index in [2.05, 4.69) is 29.8 Å². The maximum atomic E-state index is 13.5. The normalized spacial score (nSPS) is 13.2. The third-order valence-electron chi connectivity index (χ3n) is 2.63. The quantitative estimate of drug-likeness (QED) is 0.709. The van der Waals surface area contributed by atoms with Gasteiger partial charge in [0.05, 0.1) is 0 Å². The second kappa shape index (κ2) is 5.86. The Morgan fingerprint density at radius 3 is 2.60 bits per heavy atom. The number of rotatable bonds is 4. The van der Waals surface area contributed by atoms with Gasteiger partial charge in [-0.2, -0.15) is 0 Å². The van der Waals surface area contributed by atoms with Gasteiger partial charge in [0.1, 0.15) is 5.82 Å². The molecule has 0 saturated heterocycles. The molecule has 1 unspecified atom stereocenters. The Hall–Kier alpha value is -0.0800. The molecule has 0 spiro atoms. The van der Waals surface area contributed by atoms with Crippen molar-refractivity contribution in [1.29, 1.82) is 0 Å². The minimum absolute atomic E-state index is 0.144. The second-order valence-electron chi connectivity index (χ2n) is 4.10. The molecule has 15 heavy (non-hydrogen) atoms. The molecule has 84 valence electrons. The molecular weight excluding hydrogens is 278 g/mol. The van der Waals surface area contributed by atoms with E-state index in [0.29, 0.717) is 24.1 Å². The predicted octanol–water partition coefficient (Wildman–Crippen LogP) is 4.64. The zero-order valence-electron chi connectivity index (χ0n) is 8.93. The van der Waals surface area contributed by atoms with Gasteiger partial charge in [-0.25, -0.2) is 4.39 Å². The van der Waals surface area contributed by atoms with Gasteiger partial charge in [0.15, 0.2) is 0 Å². The lowest BCUT2D eigenvalue weighted by atomic mass is 9.91. The van der Waals surface area contributed by atoms with Crippen molar-refractivity contribution < 1.29 is 4.39 Å². The molecule has 3 heteroatoms. The van der Waals surface area contributed by atoms with E-state index in [4.69, 9.17) is 11.6 Å². The molecule has 0 heterocycles. The molecular formula is C12H15BrClF. The fourth-order valence-electron chi connectivity index (χ4n) is 1.45. The van der Waals surface area contributed by atoms with Crippen LogP contribution >= 0.6 is 27.5 Å². The summed E-state index contributed by atoms with van der Waals surface area (Å²) in [5.74, 6) is 1.23. The molecule has 0 fully saturated rings. The smallest absolute Gasteiger partial charge is 0.126 e. The SMILES string of the molecule is CC(C)C(CCl)Cc1cc(Br)ccc1F. The first-order chi connectivity index (χ1) is 7.04. The van der Waals surface area contributed by atoms with Gasteiger partial charge < -0.3 is 0 Å². The lowest BCUT2D eigenvalue weighted by molar-refractivity contribution is 0.415. The molecule has 0 aliphatic heterocycles. The molecule has 0 bridgehead atoms. The minimum Gasteiger partial charge on any atom is -0.207 e. The molecule has 0 nitrogen and oxygen atoms in total. The summed E-state index contributed by atoms with van der Waals surface area (Å²) in [5.41, 5.74) is 0.740. The van der Waals surface area contributed by atoms with Crippen LogP contribution in [0.2, 0.25) is 0 Å². The Morgan fingerprint density at radius 2 is 2.07 bits per heavy atom. The highest BCUT2D eigenvalue weighted by atomic mass is 79.9. The fourth-order valence-corrected chi connectivity index (χ4v) is 2.32. The average molecular weight is 294 g/mol. The third-order valence-corrected chi connectivity index (χ3v) is 3.52. The Kier molecular flexibility index (Phi) is 5.07. The predicted molar refractivity (Wildman–Crippen MR) is 66.9 cm³/mol. The number of hydrogen-bond donors (Lipinski definition) is 0. The Labute approximate surface area is 104 Å². The molecule has 0 aliphatic carbocycles. The van der Waals surface area contributed by atoms with Crippen LogP contribution in [-0.2, 0) is 6.42 Å². The van der Waals surface area contributed by atoms with Crippen LogP contribution in [0.1, 0.15) is 19.4 Å². The third kappa shape index (κ3) is 3.76. The van der Waals surface area contributed by atoms with Crippen molar-refractivity contribution >= 4 is 27.5 Å². The summed E-state index contributed by atoms with van der Waals surface area (Å²) < 4.78 is 14.4. The number of hydrogen-bond acceptors (Lipinski definition) is 0. The summed E-state index contributed by atoms with van der Waals surface area (Å²) in [6.07, 6.45) is 0.701. The standard InChI is InChI=1S/C12H15BrClF/c1-8(2)10(7-14)5-9-6-11(13)3-4-12(9)15/h3-4,6,8,10H,5,7H2,1-2H3. The van der Waals surface area contributed by atoms with Gasteiger partial charge in [0, 0.05) is 10.4 Å². The van der Waals surface area contributed by atoms with E-state index in [1.54, 1.807) is 6.07 Å². The summed E-state index contributed by atoms with van der Waals surface area (Å²) in [4.78, 5) is 0. The molecule has 0 aliphatic rings. The first-order valence-electron chi connectivity index (χ1n) is 5.04. The van der Waals surface area contributed by atoms with Gasteiger partial charge in [-0.1, -0.05) is 29.8 Å². The van der Waals surface area contributed by atoms with Crippen molar-refractivity contribution in [2.45, 2.75) is 20.3 Å². The van der Waals surface area contributed by atoms with Crippen molar-refractivity contribution in [2.24, 2.45) is 11.8 Å². The van der Waals surface area contributed by atoms with E-state index in [-0.39, 0.29) is 5.82 Å². The largest absolute Gasteiger partial charge is 0.207 e. The molecule has 1 aromatic rings. The Balaban J connectivity index is 2.82. The molecule has 0 N–H and O–H groups in total. The highest BCUT2D eigenvalue weighted by molar-refractivity contribution is 9.10. The molecule has 1 aromatic carbocycles. The highest BCUT2D eigenvalue weighted by Gasteiger charge is 2.15. The lowest BCUT2D eigenvalue weighted by Crippen LogP contribution is -2.14. The maximum absolute atomic E-state index is 13.5. The maximum Gasteiger partial charge on any atom is 0.126 e. The van der Waals surface area contributed by atoms with Gasteiger partial charge in [-0.3, -0.25) is 0 Å². The van der Waals surface area contributed by atoms with E-state index >= 15 is 0 Å². The van der Waals surface area contributed by atoms with E-state index in [0.717, 1.165) is 10.0 Å². The number of alkyl halides is 1. The van der Waals surface area contributed by atoms with E-state index < -0.39 is 0 Å². The molecule has 0 radical (unpaired) electrons. The van der Waals surface area contributed by atoms with E-state index in [9.17, 15) is 4.39 Å². The topological polar surface area (TPSA) is 0 Å². The van der Waals surface area contributed by atoms with Gasteiger partial charge in [-0.05, 0) is 42.0 Å². The molecule has 1 atom stereocenters. The van der Waals surface area contributed by atoms with Crippen molar-refractivity contribution in [3.63, 3.8) is 0 Å². The van der Waals surface area contributed by atoms with Crippen LogP contribution in [0.3, 0.4) is 0 Å². The molecule has 1 rings (SSSR count). The minimum atomic E-state index is -0.144. The zero-order chi connectivity index (χ0) is 11.4. The molecule has 0 aromatic heterocycles. The van der Waals surface area contributed by atoms with Gasteiger partial charge in [-0.15, -0.1) is 11.6 Å². The summed E-state index contributed by atoms with van der Waals surface area (Å²) in [6, 6.07) is 5.03. The van der Waals surface area contributed by atoms with Crippen molar-refractivity contribution in [1.82, 2.24) is 0 Å². The first kappa shape index (κ1) is 13.0. The Morgan fingerprint density at radius 1 is 1.40 bits per heavy atom. The Bertz CT molecular complexity index is 325. The van der Waals surface area contributed by atoms with Crippen molar-refractivity contribution in [2.75, 3.05) is 5.88 Å². The highest BCUT2D eigenvalue weighted by Crippen LogP contribution is 2.23. The summed E-state index contributed by atoms with van der Waals surface area (Å²) in [7, 11) is 0. The van der Waals surface area contributed by atoms with E-state index in [1.807, 2.05) is 6.07 Å². The number of halogens is 3. The van der Waals surface area contributed by atoms with Crippen molar-refractivity contribution in [3.8, 4) is 0 Å².